The van der Waals surface area contributed by atoms with Gasteiger partial charge >= 0.3 is 5.97 Å². The summed E-state index contributed by atoms with van der Waals surface area (Å²) in [5.41, 5.74) is 4.15. The van der Waals surface area contributed by atoms with E-state index in [9.17, 15) is 14.4 Å². The molecule has 1 aromatic heterocycles. The number of likely N-dealkylation sites (N-methyl/N-ethyl adjacent to an activating group) is 1. The van der Waals surface area contributed by atoms with Crippen molar-refractivity contribution < 1.29 is 19.1 Å². The minimum atomic E-state index is -0.419. The molecule has 3 heterocycles. The molecule has 3 aromatic carbocycles. The van der Waals surface area contributed by atoms with E-state index in [2.05, 4.69) is 39.3 Å². The standard InChI is InChI=1S/C35H37N7O4/c1-3-46-31(43)24-41(22-25-9-5-4-6-10-25)32-26(23-42-33(44)29-11-7-8-12-30(29)34(42)45)21-36-35(38-32)37-27-13-15-28(16-14-27)40-19-17-39(2)18-20-40/h4-16,21H,3,17-20,22-24H2,1-2H3,(H,36,37,38). The van der Waals surface area contributed by atoms with Crippen LogP contribution >= 0.6 is 0 Å². The molecular weight excluding hydrogens is 582 g/mol. The highest BCUT2D eigenvalue weighted by atomic mass is 16.5. The van der Waals surface area contributed by atoms with Gasteiger partial charge in [-0.3, -0.25) is 19.3 Å². The lowest BCUT2D eigenvalue weighted by atomic mass is 10.1. The molecule has 0 saturated carbocycles. The van der Waals surface area contributed by atoms with Crippen molar-refractivity contribution in [1.29, 1.82) is 0 Å². The van der Waals surface area contributed by atoms with Crippen molar-refractivity contribution in [2.45, 2.75) is 20.0 Å². The SMILES string of the molecule is CCOC(=O)CN(Cc1ccccc1)c1nc(Nc2ccc(N3CCN(C)CC3)cc2)ncc1CN1C(=O)c2ccccc2C1=O. The van der Waals surface area contributed by atoms with Crippen LogP contribution in [-0.2, 0) is 22.6 Å². The summed E-state index contributed by atoms with van der Waals surface area (Å²) in [5.74, 6) is -0.448. The van der Waals surface area contributed by atoms with Gasteiger partial charge in [0.1, 0.15) is 12.4 Å². The second-order valence-electron chi connectivity index (χ2n) is 11.4. The van der Waals surface area contributed by atoms with Gasteiger partial charge in [-0.15, -0.1) is 0 Å². The lowest BCUT2D eigenvalue weighted by molar-refractivity contribution is -0.141. The highest BCUT2D eigenvalue weighted by Crippen LogP contribution is 2.29. The van der Waals surface area contributed by atoms with E-state index in [0.29, 0.717) is 35.0 Å². The van der Waals surface area contributed by atoms with Crippen LogP contribution in [0.3, 0.4) is 0 Å². The molecule has 46 heavy (non-hydrogen) atoms. The summed E-state index contributed by atoms with van der Waals surface area (Å²) in [7, 11) is 2.14. The van der Waals surface area contributed by atoms with Gasteiger partial charge in [0.15, 0.2) is 0 Å². The van der Waals surface area contributed by atoms with E-state index in [-0.39, 0.29) is 31.5 Å². The number of nitrogens with zero attached hydrogens (tertiary/aromatic N) is 6. The first-order valence-corrected chi connectivity index (χ1v) is 15.5. The Labute approximate surface area is 268 Å². The minimum Gasteiger partial charge on any atom is -0.465 e. The van der Waals surface area contributed by atoms with E-state index in [1.165, 1.54) is 4.90 Å². The third kappa shape index (κ3) is 6.84. The quantitative estimate of drug-likeness (QED) is 0.192. The number of anilines is 4. The monoisotopic (exact) mass is 619 g/mol. The van der Waals surface area contributed by atoms with Crippen molar-refractivity contribution in [3.8, 4) is 0 Å². The fourth-order valence-corrected chi connectivity index (χ4v) is 5.72. The summed E-state index contributed by atoms with van der Waals surface area (Å²) >= 11 is 0. The van der Waals surface area contributed by atoms with Crippen LogP contribution in [0.5, 0.6) is 0 Å². The number of hydrogen-bond acceptors (Lipinski definition) is 10. The maximum Gasteiger partial charge on any atom is 0.325 e. The molecule has 2 amide bonds. The number of hydrogen-bond donors (Lipinski definition) is 1. The van der Waals surface area contributed by atoms with Gasteiger partial charge in [-0.25, -0.2) is 4.98 Å². The summed E-state index contributed by atoms with van der Waals surface area (Å²) in [6.45, 7) is 6.18. The number of imide groups is 1. The number of aromatic nitrogens is 2. The van der Waals surface area contributed by atoms with Crippen LogP contribution in [0.2, 0.25) is 0 Å². The van der Waals surface area contributed by atoms with Crippen molar-refractivity contribution in [1.82, 2.24) is 19.8 Å². The van der Waals surface area contributed by atoms with E-state index in [1.807, 2.05) is 42.5 Å². The summed E-state index contributed by atoms with van der Waals surface area (Å²) in [5, 5.41) is 3.29. The van der Waals surface area contributed by atoms with E-state index in [4.69, 9.17) is 9.72 Å². The number of nitrogens with one attached hydrogen (secondary N) is 1. The van der Waals surface area contributed by atoms with Gasteiger partial charge in [0.25, 0.3) is 11.8 Å². The first-order valence-electron chi connectivity index (χ1n) is 15.5. The van der Waals surface area contributed by atoms with Gasteiger partial charge in [-0.05, 0) is 55.9 Å². The average Bonchev–Trinajstić information content (AvgIpc) is 3.31. The molecule has 0 radical (unpaired) electrons. The molecule has 1 saturated heterocycles. The van der Waals surface area contributed by atoms with Crippen LogP contribution in [0.1, 0.15) is 38.8 Å². The summed E-state index contributed by atoms with van der Waals surface area (Å²) in [6.07, 6.45) is 1.61. The second-order valence-corrected chi connectivity index (χ2v) is 11.4. The number of benzene rings is 3. The predicted molar refractivity (Wildman–Crippen MR) is 176 cm³/mol. The van der Waals surface area contributed by atoms with Gasteiger partial charge in [-0.1, -0.05) is 42.5 Å². The normalized spacial score (nSPS) is 14.7. The molecule has 1 N–H and O–H groups in total. The Morgan fingerprint density at radius 2 is 1.54 bits per heavy atom. The summed E-state index contributed by atoms with van der Waals surface area (Å²) in [6, 6.07) is 24.6. The Hall–Kier alpha value is -5.29. The van der Waals surface area contributed by atoms with Gasteiger partial charge in [0.05, 0.1) is 24.3 Å². The zero-order chi connectivity index (χ0) is 32.0. The number of rotatable bonds is 11. The predicted octanol–water partition coefficient (Wildman–Crippen LogP) is 4.34. The maximum atomic E-state index is 13.3. The Balaban J connectivity index is 1.32. The molecule has 0 unspecified atom stereocenters. The topological polar surface area (TPSA) is 111 Å². The number of carbonyl (C=O) groups excluding carboxylic acids is 3. The molecule has 11 nitrogen and oxygen atoms in total. The lowest BCUT2D eigenvalue weighted by Gasteiger charge is -2.34. The number of piperazine rings is 1. The Morgan fingerprint density at radius 3 is 2.20 bits per heavy atom. The van der Waals surface area contributed by atoms with Crippen LogP contribution in [0.15, 0.2) is 85.1 Å². The van der Waals surface area contributed by atoms with Gasteiger partial charge in [0.2, 0.25) is 5.95 Å². The molecule has 6 rings (SSSR count). The van der Waals surface area contributed by atoms with E-state index in [1.54, 1.807) is 42.3 Å². The van der Waals surface area contributed by atoms with Gasteiger partial charge in [-0.2, -0.15) is 4.98 Å². The van der Waals surface area contributed by atoms with Crippen molar-refractivity contribution in [2.75, 3.05) is 61.5 Å². The molecule has 0 aliphatic carbocycles. The van der Waals surface area contributed by atoms with Crippen LogP contribution < -0.4 is 15.1 Å². The van der Waals surface area contributed by atoms with E-state index < -0.39 is 5.97 Å². The smallest absolute Gasteiger partial charge is 0.325 e. The molecule has 0 atom stereocenters. The molecule has 1 fully saturated rings. The largest absolute Gasteiger partial charge is 0.465 e. The average molecular weight is 620 g/mol. The molecule has 236 valence electrons. The van der Waals surface area contributed by atoms with Crippen molar-refractivity contribution >= 4 is 40.9 Å². The number of fused-ring (bicyclic) bond motifs is 1. The summed E-state index contributed by atoms with van der Waals surface area (Å²) in [4.78, 5) is 56.5. The third-order valence-corrected chi connectivity index (χ3v) is 8.18. The molecule has 4 aromatic rings. The highest BCUT2D eigenvalue weighted by Gasteiger charge is 2.36. The molecule has 2 aliphatic rings. The molecular formula is C35H37N7O4. The Morgan fingerprint density at radius 1 is 0.891 bits per heavy atom. The first-order chi connectivity index (χ1) is 22.4. The molecule has 11 heteroatoms. The number of esters is 1. The van der Waals surface area contributed by atoms with E-state index in [0.717, 1.165) is 43.1 Å². The van der Waals surface area contributed by atoms with Crippen molar-refractivity contribution in [3.05, 3.63) is 107 Å². The Bertz CT molecular complexity index is 1670. The van der Waals surface area contributed by atoms with Gasteiger partial charge in [0, 0.05) is 55.9 Å². The van der Waals surface area contributed by atoms with Gasteiger partial charge < -0.3 is 24.8 Å². The highest BCUT2D eigenvalue weighted by molar-refractivity contribution is 6.21. The van der Waals surface area contributed by atoms with E-state index >= 15 is 0 Å². The van der Waals surface area contributed by atoms with Crippen LogP contribution in [0.25, 0.3) is 0 Å². The zero-order valence-electron chi connectivity index (χ0n) is 26.1. The fourth-order valence-electron chi connectivity index (χ4n) is 5.72. The fraction of sp³-hybridized carbons (Fsp3) is 0.286. The van der Waals surface area contributed by atoms with Crippen LogP contribution in [0, 0.1) is 0 Å². The molecule has 0 spiro atoms. The van der Waals surface area contributed by atoms with Crippen molar-refractivity contribution in [2.24, 2.45) is 0 Å². The maximum absolute atomic E-state index is 13.3. The second kappa shape index (κ2) is 13.8. The van der Waals surface area contributed by atoms with Crippen LogP contribution in [0.4, 0.5) is 23.1 Å². The lowest BCUT2D eigenvalue weighted by Crippen LogP contribution is -2.44. The number of amides is 2. The van der Waals surface area contributed by atoms with Crippen molar-refractivity contribution in [3.63, 3.8) is 0 Å². The zero-order valence-corrected chi connectivity index (χ0v) is 26.1. The number of carbonyl (C=O) groups is 3. The molecule has 0 bridgehead atoms. The minimum absolute atomic E-state index is 0.0597. The van der Waals surface area contributed by atoms with Crippen LogP contribution in [-0.4, -0.2) is 83.9 Å². The first kappa shape index (κ1) is 30.7. The third-order valence-electron chi connectivity index (χ3n) is 8.18. The molecule has 2 aliphatic heterocycles. The summed E-state index contributed by atoms with van der Waals surface area (Å²) < 4.78 is 5.31. The number of ether oxygens (including phenoxy) is 1. The Kier molecular flexibility index (Phi) is 9.20.